The van der Waals surface area contributed by atoms with Crippen LogP contribution in [0, 0.1) is 24.7 Å². The van der Waals surface area contributed by atoms with Crippen LogP contribution in [0.1, 0.15) is 44.0 Å². The van der Waals surface area contributed by atoms with Crippen LogP contribution < -0.4 is 24.8 Å². The first-order valence-electron chi connectivity index (χ1n) is 17.0. The molecule has 1 aliphatic heterocycles. The Morgan fingerprint density at radius 1 is 1.08 bits per heavy atom. The van der Waals surface area contributed by atoms with Gasteiger partial charge in [-0.15, -0.1) is 11.3 Å². The fraction of sp³-hybridized carbons (Fsp3) is 0.528. The minimum absolute atomic E-state index is 0.0948. The first-order chi connectivity index (χ1) is 24.2. The molecule has 0 spiro atoms. The van der Waals surface area contributed by atoms with E-state index in [4.69, 9.17) is 14.2 Å². The second-order valence-corrected chi connectivity index (χ2v) is 16.5. The van der Waals surface area contributed by atoms with Gasteiger partial charge >= 0.3 is 6.03 Å². The van der Waals surface area contributed by atoms with Crippen molar-refractivity contribution >= 4 is 33.3 Å². The summed E-state index contributed by atoms with van der Waals surface area (Å²) in [6, 6.07) is 10.5. The number of rotatable bonds is 18. The number of aliphatic hydroxyl groups is 1. The largest absolute Gasteiger partial charge is 0.493 e. The van der Waals surface area contributed by atoms with Gasteiger partial charge in [0.25, 0.3) is 0 Å². The normalized spacial score (nSPS) is 16.7. The number of ether oxygens (including phenoxy) is 3. The van der Waals surface area contributed by atoms with Crippen molar-refractivity contribution in [2.45, 2.75) is 70.7 Å². The lowest BCUT2D eigenvalue weighted by Crippen LogP contribution is -2.55. The number of sulfonamides is 1. The molecule has 0 saturated carbocycles. The van der Waals surface area contributed by atoms with Gasteiger partial charge in [0.15, 0.2) is 11.5 Å². The predicted molar refractivity (Wildman–Crippen MR) is 196 cm³/mol. The monoisotopic (exact) mass is 745 g/mol. The Balaban J connectivity index is 1.65. The lowest BCUT2D eigenvalue weighted by Gasteiger charge is -2.35. The summed E-state index contributed by atoms with van der Waals surface area (Å²) in [5.41, 5.74) is 1.60. The third-order valence-electron chi connectivity index (χ3n) is 8.88. The van der Waals surface area contributed by atoms with Gasteiger partial charge in [0.1, 0.15) is 0 Å². The Labute approximate surface area is 305 Å². The Morgan fingerprint density at radius 3 is 2.25 bits per heavy atom. The molecule has 15 heteroatoms. The number of nitrogens with one attached hydrogen (secondary N) is 2. The number of carbonyl (C=O) groups excluding carboxylic acids is 2. The molecule has 1 unspecified atom stereocenters. The molecule has 2 heterocycles. The molecule has 4 rings (SSSR count). The maximum atomic E-state index is 14.3. The number of hydrogen-bond acceptors (Lipinski definition) is 10. The number of benzene rings is 2. The number of methoxy groups -OCH3 is 3. The number of nitrogens with zero attached hydrogens (tertiary/aromatic N) is 3. The van der Waals surface area contributed by atoms with Crippen LogP contribution in [0.4, 0.5) is 4.79 Å². The number of aromatic nitrogens is 1. The minimum atomic E-state index is -4.21. The van der Waals surface area contributed by atoms with Crippen LogP contribution in [0.15, 0.2) is 52.7 Å². The summed E-state index contributed by atoms with van der Waals surface area (Å²) in [7, 11) is 0.0271. The first-order valence-corrected chi connectivity index (χ1v) is 19.3. The molecule has 280 valence electrons. The van der Waals surface area contributed by atoms with Crippen molar-refractivity contribution in [1.82, 2.24) is 24.8 Å². The molecule has 51 heavy (non-hydrogen) atoms. The lowest BCUT2D eigenvalue weighted by molar-refractivity contribution is -0.129. The van der Waals surface area contributed by atoms with Crippen molar-refractivity contribution in [3.63, 3.8) is 0 Å². The lowest BCUT2D eigenvalue weighted by atomic mass is 9.86. The molecule has 0 radical (unpaired) electrons. The maximum Gasteiger partial charge on any atom is 0.318 e. The number of urea groups is 1. The van der Waals surface area contributed by atoms with Gasteiger partial charge in [-0.25, -0.2) is 18.2 Å². The van der Waals surface area contributed by atoms with Crippen LogP contribution in [0.5, 0.6) is 17.2 Å². The molecule has 0 bridgehead atoms. The van der Waals surface area contributed by atoms with Gasteiger partial charge in [-0.3, -0.25) is 4.79 Å². The fourth-order valence-corrected chi connectivity index (χ4v) is 8.70. The van der Waals surface area contributed by atoms with E-state index in [1.807, 2.05) is 70.3 Å². The summed E-state index contributed by atoms with van der Waals surface area (Å²) >= 11 is 1.50. The quantitative estimate of drug-likeness (QED) is 0.175. The zero-order chi connectivity index (χ0) is 37.5. The van der Waals surface area contributed by atoms with E-state index in [9.17, 15) is 23.1 Å². The number of amides is 3. The molecule has 1 aromatic heterocycles. The Hall–Kier alpha value is -3.92. The van der Waals surface area contributed by atoms with Crippen LogP contribution in [0.3, 0.4) is 0 Å². The number of carbonyl (C=O) groups is 2. The highest BCUT2D eigenvalue weighted by atomic mass is 32.2. The van der Waals surface area contributed by atoms with Gasteiger partial charge in [-0.05, 0) is 30.7 Å². The molecule has 3 amide bonds. The third-order valence-corrected chi connectivity index (χ3v) is 11.5. The first kappa shape index (κ1) is 39.9. The van der Waals surface area contributed by atoms with E-state index < -0.39 is 34.1 Å². The van der Waals surface area contributed by atoms with E-state index >= 15 is 0 Å². The van der Waals surface area contributed by atoms with Gasteiger partial charge in [-0.1, -0.05) is 58.0 Å². The standard InChI is InChI=1S/C36H51N5O8S2/c1-22(2)18-40(51(45,46)27-15-31(47-6)34(49-8)32(16-27)48-7)20-30(42)28(14-25-12-10-9-11-13-25)39-35(43)33(23(3)4)29-17-37-36(44)41(29)19-26-21-50-24(5)38-26/h9-13,15-16,21-23,28-30,33,42H,14,17-20H2,1-8H3,(H,37,44)(H,39,43)/t28-,29?,30+,33-/m0/s1. The molecule has 0 aliphatic carbocycles. The van der Waals surface area contributed by atoms with Gasteiger partial charge < -0.3 is 34.9 Å². The summed E-state index contributed by atoms with van der Waals surface area (Å²) in [6.45, 7) is 9.85. The average molecular weight is 746 g/mol. The summed E-state index contributed by atoms with van der Waals surface area (Å²) in [4.78, 5) is 33.4. The van der Waals surface area contributed by atoms with E-state index in [0.29, 0.717) is 0 Å². The highest BCUT2D eigenvalue weighted by molar-refractivity contribution is 7.89. The van der Waals surface area contributed by atoms with Crippen LogP contribution in [0.2, 0.25) is 0 Å². The molecule has 4 atom stereocenters. The van der Waals surface area contributed by atoms with Crippen molar-refractivity contribution in [3.05, 3.63) is 64.1 Å². The second-order valence-electron chi connectivity index (χ2n) is 13.5. The number of hydrogen-bond donors (Lipinski definition) is 3. The van der Waals surface area contributed by atoms with Gasteiger partial charge in [0, 0.05) is 37.1 Å². The van der Waals surface area contributed by atoms with Gasteiger partial charge in [0.2, 0.25) is 21.7 Å². The number of aryl methyl sites for hydroxylation is 1. The summed E-state index contributed by atoms with van der Waals surface area (Å²) < 4.78 is 46.0. The van der Waals surface area contributed by atoms with Crippen LogP contribution in [-0.4, -0.2) is 98.8 Å². The highest BCUT2D eigenvalue weighted by Crippen LogP contribution is 2.40. The molecular weight excluding hydrogens is 695 g/mol. The topological polar surface area (TPSA) is 160 Å². The van der Waals surface area contributed by atoms with Gasteiger partial charge in [0.05, 0.1) is 67.6 Å². The summed E-state index contributed by atoms with van der Waals surface area (Å²) in [5.74, 6) is -0.644. The van der Waals surface area contributed by atoms with Crippen molar-refractivity contribution in [3.8, 4) is 17.2 Å². The Bertz CT molecular complexity index is 1710. The number of aliphatic hydroxyl groups excluding tert-OH is 1. The molecule has 1 saturated heterocycles. The molecule has 3 aromatic rings. The van der Waals surface area contributed by atoms with Crippen molar-refractivity contribution in [2.75, 3.05) is 41.0 Å². The minimum Gasteiger partial charge on any atom is -0.493 e. The van der Waals surface area contributed by atoms with Crippen molar-refractivity contribution in [2.24, 2.45) is 17.8 Å². The summed E-state index contributed by atoms with van der Waals surface area (Å²) in [6.07, 6.45) is -1.07. The van der Waals surface area contributed by atoms with E-state index in [0.717, 1.165) is 16.3 Å². The zero-order valence-corrected chi connectivity index (χ0v) is 32.2. The van der Waals surface area contributed by atoms with E-state index in [2.05, 4.69) is 15.6 Å². The van der Waals surface area contributed by atoms with Crippen molar-refractivity contribution < 1.29 is 37.3 Å². The fourth-order valence-electron chi connectivity index (χ4n) is 6.44. The Kier molecular flexibility index (Phi) is 13.7. The third kappa shape index (κ3) is 9.70. The molecule has 1 fully saturated rings. The molecule has 13 nitrogen and oxygen atoms in total. The highest BCUT2D eigenvalue weighted by Gasteiger charge is 2.43. The predicted octanol–water partition coefficient (Wildman–Crippen LogP) is 4.08. The maximum absolute atomic E-state index is 14.3. The van der Waals surface area contributed by atoms with Crippen LogP contribution in [-0.2, 0) is 27.8 Å². The molecule has 3 N–H and O–H groups in total. The smallest absolute Gasteiger partial charge is 0.318 e. The van der Waals surface area contributed by atoms with Crippen LogP contribution in [0.25, 0.3) is 0 Å². The van der Waals surface area contributed by atoms with E-state index in [1.165, 1.54) is 49.1 Å². The SMILES string of the molecule is COc1cc(S(=O)(=O)N(CC(C)C)C[C@@H](O)[C@H](Cc2ccccc2)NC(=O)[C@@H](C(C)C)C2CNC(=O)N2Cc2csc(C)n2)cc(OC)c1OC. The average Bonchev–Trinajstić information content (AvgIpc) is 3.67. The summed E-state index contributed by atoms with van der Waals surface area (Å²) in [5, 5.41) is 20.7. The molecule has 2 aromatic carbocycles. The molecule has 1 aliphatic rings. The van der Waals surface area contributed by atoms with E-state index in [1.54, 1.807) is 4.90 Å². The number of thiazole rings is 1. The van der Waals surface area contributed by atoms with Gasteiger partial charge in [-0.2, -0.15) is 4.31 Å². The zero-order valence-electron chi connectivity index (χ0n) is 30.6. The molecular formula is C36H51N5O8S2. The van der Waals surface area contributed by atoms with Crippen molar-refractivity contribution in [1.29, 1.82) is 0 Å². The second kappa shape index (κ2) is 17.5. The van der Waals surface area contributed by atoms with E-state index in [-0.39, 0.29) is 78.5 Å². The Morgan fingerprint density at radius 2 is 1.73 bits per heavy atom. The van der Waals surface area contributed by atoms with Crippen LogP contribution >= 0.6 is 11.3 Å².